The summed E-state index contributed by atoms with van der Waals surface area (Å²) in [6.45, 7) is 5.52. The molecule has 4 heteroatoms. The lowest BCUT2D eigenvalue weighted by atomic mass is 9.90. The van der Waals surface area contributed by atoms with E-state index < -0.39 is 0 Å². The molecule has 1 aromatic heterocycles. The summed E-state index contributed by atoms with van der Waals surface area (Å²) in [4.78, 5) is 3.94. The highest BCUT2D eigenvalue weighted by molar-refractivity contribution is 6.30. The Labute approximate surface area is 95.6 Å². The van der Waals surface area contributed by atoms with E-state index in [1.165, 1.54) is 0 Å². The number of ether oxygens (including phenoxy) is 1. The summed E-state index contributed by atoms with van der Waals surface area (Å²) in [6, 6.07) is 1.75. The summed E-state index contributed by atoms with van der Waals surface area (Å²) < 4.78 is 5.52. The molecule has 0 aliphatic rings. The Morgan fingerprint density at radius 3 is 2.80 bits per heavy atom. The van der Waals surface area contributed by atoms with Crippen molar-refractivity contribution >= 4 is 11.6 Å². The third-order valence-electron chi connectivity index (χ3n) is 2.28. The van der Waals surface area contributed by atoms with Crippen LogP contribution >= 0.6 is 11.6 Å². The molecule has 0 aliphatic carbocycles. The zero-order chi connectivity index (χ0) is 11.3. The van der Waals surface area contributed by atoms with Gasteiger partial charge in [0.25, 0.3) is 0 Å². The van der Waals surface area contributed by atoms with Gasteiger partial charge in [0.1, 0.15) is 5.75 Å². The van der Waals surface area contributed by atoms with E-state index in [1.54, 1.807) is 18.5 Å². The van der Waals surface area contributed by atoms with Gasteiger partial charge < -0.3 is 10.5 Å². The first-order valence-corrected chi connectivity index (χ1v) is 5.35. The Kier molecular flexibility index (Phi) is 4.36. The van der Waals surface area contributed by atoms with Crippen molar-refractivity contribution < 1.29 is 4.74 Å². The molecule has 1 aromatic rings. The third-order valence-corrected chi connectivity index (χ3v) is 2.49. The molecule has 0 unspecified atom stereocenters. The first-order valence-electron chi connectivity index (χ1n) is 4.97. The highest BCUT2D eigenvalue weighted by Gasteiger charge is 2.15. The van der Waals surface area contributed by atoms with E-state index in [0.717, 1.165) is 6.42 Å². The second-order valence-electron chi connectivity index (χ2n) is 4.31. The first kappa shape index (κ1) is 12.3. The average molecular weight is 229 g/mol. The van der Waals surface area contributed by atoms with E-state index in [0.29, 0.717) is 23.9 Å². The van der Waals surface area contributed by atoms with Crippen molar-refractivity contribution in [1.82, 2.24) is 4.98 Å². The molecule has 0 aliphatic heterocycles. The second-order valence-corrected chi connectivity index (χ2v) is 4.74. The SMILES string of the molecule is CC(C)(CN)CCOc1cncc(Cl)c1. The van der Waals surface area contributed by atoms with Gasteiger partial charge in [0.2, 0.25) is 0 Å². The average Bonchev–Trinajstić information content (AvgIpc) is 2.18. The molecule has 1 rings (SSSR count). The molecule has 0 saturated carbocycles. The Morgan fingerprint density at radius 2 is 2.20 bits per heavy atom. The van der Waals surface area contributed by atoms with Crippen LogP contribution in [0.3, 0.4) is 0 Å². The molecule has 0 spiro atoms. The predicted molar refractivity (Wildman–Crippen MR) is 62.2 cm³/mol. The van der Waals surface area contributed by atoms with E-state index in [9.17, 15) is 0 Å². The molecule has 2 N–H and O–H groups in total. The largest absolute Gasteiger partial charge is 0.492 e. The first-order chi connectivity index (χ1) is 7.03. The van der Waals surface area contributed by atoms with E-state index in [1.807, 2.05) is 0 Å². The molecule has 0 amide bonds. The molecular formula is C11H17ClN2O. The van der Waals surface area contributed by atoms with Crippen LogP contribution in [0.15, 0.2) is 18.5 Å². The van der Waals surface area contributed by atoms with Crippen molar-refractivity contribution in [3.05, 3.63) is 23.5 Å². The minimum Gasteiger partial charge on any atom is -0.492 e. The lowest BCUT2D eigenvalue weighted by Gasteiger charge is -2.21. The molecule has 0 bridgehead atoms. The standard InChI is InChI=1S/C11H17ClN2O/c1-11(2,8-13)3-4-15-10-5-9(12)6-14-7-10/h5-7H,3-4,8,13H2,1-2H3. The maximum atomic E-state index is 5.78. The van der Waals surface area contributed by atoms with Gasteiger partial charge in [-0.2, -0.15) is 0 Å². The summed E-state index contributed by atoms with van der Waals surface area (Å²) in [5, 5.41) is 0.589. The van der Waals surface area contributed by atoms with Crippen LogP contribution in [0, 0.1) is 5.41 Å². The summed E-state index contributed by atoms with van der Waals surface area (Å²) in [5.74, 6) is 0.704. The summed E-state index contributed by atoms with van der Waals surface area (Å²) in [6.07, 6.45) is 4.15. The van der Waals surface area contributed by atoms with Gasteiger partial charge in [-0.1, -0.05) is 25.4 Å². The number of nitrogens with two attached hydrogens (primary N) is 1. The minimum absolute atomic E-state index is 0.117. The minimum atomic E-state index is 0.117. The zero-order valence-corrected chi connectivity index (χ0v) is 9.92. The molecule has 3 nitrogen and oxygen atoms in total. The fraction of sp³-hybridized carbons (Fsp3) is 0.545. The fourth-order valence-corrected chi connectivity index (χ4v) is 1.18. The molecule has 0 atom stereocenters. The summed E-state index contributed by atoms with van der Waals surface area (Å²) in [5.41, 5.74) is 5.74. The summed E-state index contributed by atoms with van der Waals surface area (Å²) >= 11 is 5.78. The van der Waals surface area contributed by atoms with Crippen molar-refractivity contribution in [2.45, 2.75) is 20.3 Å². The van der Waals surface area contributed by atoms with Crippen LogP contribution < -0.4 is 10.5 Å². The fourth-order valence-electron chi connectivity index (χ4n) is 1.02. The van der Waals surface area contributed by atoms with Crippen molar-refractivity contribution in [2.24, 2.45) is 11.1 Å². The Hall–Kier alpha value is -0.800. The van der Waals surface area contributed by atoms with Crippen molar-refractivity contribution in [3.63, 3.8) is 0 Å². The quantitative estimate of drug-likeness (QED) is 0.843. The predicted octanol–water partition coefficient (Wildman–Crippen LogP) is 2.49. The number of rotatable bonds is 5. The molecule has 84 valence electrons. The number of hydrogen-bond acceptors (Lipinski definition) is 3. The molecule has 1 heterocycles. The molecule has 15 heavy (non-hydrogen) atoms. The van der Waals surface area contributed by atoms with E-state index in [2.05, 4.69) is 18.8 Å². The molecule has 0 fully saturated rings. The topological polar surface area (TPSA) is 48.1 Å². The normalized spacial score (nSPS) is 11.5. The zero-order valence-electron chi connectivity index (χ0n) is 9.16. The van der Waals surface area contributed by atoms with Crippen molar-refractivity contribution in [1.29, 1.82) is 0 Å². The highest BCUT2D eigenvalue weighted by Crippen LogP contribution is 2.20. The maximum absolute atomic E-state index is 5.78. The lowest BCUT2D eigenvalue weighted by Crippen LogP contribution is -2.25. The molecule has 0 saturated heterocycles. The van der Waals surface area contributed by atoms with Crippen LogP contribution in [0.2, 0.25) is 5.02 Å². The number of aromatic nitrogens is 1. The number of pyridine rings is 1. The molecule has 0 aromatic carbocycles. The smallest absolute Gasteiger partial charge is 0.139 e. The van der Waals surface area contributed by atoms with E-state index in [4.69, 9.17) is 22.1 Å². The molecule has 0 radical (unpaired) electrons. The van der Waals surface area contributed by atoms with Crippen molar-refractivity contribution in [3.8, 4) is 5.75 Å². The number of hydrogen-bond donors (Lipinski definition) is 1. The lowest BCUT2D eigenvalue weighted by molar-refractivity contribution is 0.233. The van der Waals surface area contributed by atoms with E-state index >= 15 is 0 Å². The van der Waals surface area contributed by atoms with Crippen LogP contribution in [-0.4, -0.2) is 18.1 Å². The molecular weight excluding hydrogens is 212 g/mol. The van der Waals surface area contributed by atoms with Gasteiger partial charge in [0.05, 0.1) is 17.8 Å². The summed E-state index contributed by atoms with van der Waals surface area (Å²) in [7, 11) is 0. The van der Waals surface area contributed by atoms with Crippen LogP contribution in [0.5, 0.6) is 5.75 Å². The van der Waals surface area contributed by atoms with Crippen LogP contribution in [0.25, 0.3) is 0 Å². The van der Waals surface area contributed by atoms with Gasteiger partial charge in [0, 0.05) is 12.3 Å². The van der Waals surface area contributed by atoms with Crippen molar-refractivity contribution in [2.75, 3.05) is 13.2 Å². The van der Waals surface area contributed by atoms with Gasteiger partial charge in [-0.3, -0.25) is 4.98 Å². The van der Waals surface area contributed by atoms with Gasteiger partial charge in [-0.05, 0) is 18.4 Å². The highest BCUT2D eigenvalue weighted by atomic mass is 35.5. The van der Waals surface area contributed by atoms with Gasteiger partial charge in [0.15, 0.2) is 0 Å². The number of nitrogens with zero attached hydrogens (tertiary/aromatic N) is 1. The van der Waals surface area contributed by atoms with Gasteiger partial charge in [-0.15, -0.1) is 0 Å². The second kappa shape index (κ2) is 5.33. The maximum Gasteiger partial charge on any atom is 0.139 e. The Morgan fingerprint density at radius 1 is 1.47 bits per heavy atom. The monoisotopic (exact) mass is 228 g/mol. The Balaban J connectivity index is 2.38. The van der Waals surface area contributed by atoms with Crippen LogP contribution in [-0.2, 0) is 0 Å². The van der Waals surface area contributed by atoms with E-state index in [-0.39, 0.29) is 5.41 Å². The Bertz CT molecular complexity index is 315. The third kappa shape index (κ3) is 4.49. The number of halogens is 1. The van der Waals surface area contributed by atoms with Crippen LogP contribution in [0.1, 0.15) is 20.3 Å². The van der Waals surface area contributed by atoms with Crippen LogP contribution in [0.4, 0.5) is 0 Å². The van der Waals surface area contributed by atoms with Gasteiger partial charge in [-0.25, -0.2) is 0 Å². The van der Waals surface area contributed by atoms with Gasteiger partial charge >= 0.3 is 0 Å².